The van der Waals surface area contributed by atoms with Crippen molar-refractivity contribution in [2.24, 2.45) is 7.05 Å². The third kappa shape index (κ3) is 3.07. The Kier molecular flexibility index (Phi) is 4.09. The van der Waals surface area contributed by atoms with Crippen LogP contribution in [0.1, 0.15) is 24.7 Å². The van der Waals surface area contributed by atoms with Crippen molar-refractivity contribution >= 4 is 5.69 Å². The van der Waals surface area contributed by atoms with Crippen LogP contribution in [0.2, 0.25) is 0 Å². The van der Waals surface area contributed by atoms with Gasteiger partial charge in [0, 0.05) is 13.6 Å². The maximum absolute atomic E-state index is 5.22. The molecule has 1 N–H and O–H groups in total. The smallest absolute Gasteiger partial charge is 0.256 e. The van der Waals surface area contributed by atoms with Crippen molar-refractivity contribution in [2.75, 3.05) is 12.4 Å². The van der Waals surface area contributed by atoms with Gasteiger partial charge >= 0.3 is 0 Å². The summed E-state index contributed by atoms with van der Waals surface area (Å²) in [5.74, 6) is 0.612. The summed E-state index contributed by atoms with van der Waals surface area (Å²) in [4.78, 5) is 0. The van der Waals surface area contributed by atoms with Crippen molar-refractivity contribution in [3.8, 4) is 5.88 Å². The lowest BCUT2D eigenvalue weighted by atomic mass is 10.3. The van der Waals surface area contributed by atoms with E-state index in [0.29, 0.717) is 12.4 Å². The number of aromatic nitrogens is 4. The second kappa shape index (κ2) is 5.77. The van der Waals surface area contributed by atoms with Gasteiger partial charge in [0.2, 0.25) is 0 Å². The zero-order valence-electron chi connectivity index (χ0n) is 12.0. The van der Waals surface area contributed by atoms with Gasteiger partial charge in [0.15, 0.2) is 0 Å². The zero-order valence-corrected chi connectivity index (χ0v) is 12.0. The van der Waals surface area contributed by atoms with Crippen molar-refractivity contribution in [1.29, 1.82) is 0 Å². The van der Waals surface area contributed by atoms with Crippen LogP contribution in [0.25, 0.3) is 0 Å². The zero-order chi connectivity index (χ0) is 13.8. The third-order valence-electron chi connectivity index (χ3n) is 2.87. The number of nitrogens with zero attached hydrogens (tertiary/aromatic N) is 4. The Hall–Kier alpha value is -1.98. The van der Waals surface area contributed by atoms with Crippen molar-refractivity contribution in [3.05, 3.63) is 23.7 Å². The maximum atomic E-state index is 5.22. The summed E-state index contributed by atoms with van der Waals surface area (Å²) in [5, 5.41) is 12.0. The van der Waals surface area contributed by atoms with E-state index >= 15 is 0 Å². The first-order chi connectivity index (χ1) is 9.13. The van der Waals surface area contributed by atoms with Crippen LogP contribution in [0.5, 0.6) is 5.88 Å². The number of hydrogen-bond acceptors (Lipinski definition) is 4. The molecule has 0 atom stereocenters. The van der Waals surface area contributed by atoms with Crippen LogP contribution >= 0.6 is 0 Å². The minimum absolute atomic E-state index is 0.612. The Morgan fingerprint density at radius 1 is 1.37 bits per heavy atom. The Balaban J connectivity index is 2.09. The molecular weight excluding hydrogens is 242 g/mol. The van der Waals surface area contributed by atoms with E-state index in [9.17, 15) is 0 Å². The number of anilines is 1. The predicted octanol–water partition coefficient (Wildman–Crippen LogP) is 1.96. The molecule has 0 unspecified atom stereocenters. The Labute approximate surface area is 113 Å². The van der Waals surface area contributed by atoms with Gasteiger partial charge in [-0.05, 0) is 19.4 Å². The van der Waals surface area contributed by atoms with E-state index in [1.807, 2.05) is 24.9 Å². The average Bonchev–Trinajstić information content (AvgIpc) is 2.90. The molecule has 0 radical (unpaired) electrons. The standard InChI is InChI=1S/C13H21N5O/c1-5-6-18-11(7-10(2)15-18)8-14-12-9-17(3)16-13(12)19-4/h7,9,14H,5-6,8H2,1-4H3. The highest BCUT2D eigenvalue weighted by atomic mass is 16.5. The summed E-state index contributed by atoms with van der Waals surface area (Å²) in [7, 11) is 3.50. The van der Waals surface area contributed by atoms with Crippen molar-refractivity contribution < 1.29 is 4.74 Å². The largest absolute Gasteiger partial charge is 0.478 e. The van der Waals surface area contributed by atoms with Crippen LogP contribution in [0.3, 0.4) is 0 Å². The molecule has 104 valence electrons. The predicted molar refractivity (Wildman–Crippen MR) is 74.3 cm³/mol. The summed E-state index contributed by atoms with van der Waals surface area (Å²) in [6, 6.07) is 2.10. The number of hydrogen-bond donors (Lipinski definition) is 1. The monoisotopic (exact) mass is 263 g/mol. The molecule has 0 saturated carbocycles. The van der Waals surface area contributed by atoms with Gasteiger partial charge in [0.25, 0.3) is 5.88 Å². The minimum Gasteiger partial charge on any atom is -0.478 e. The molecule has 0 aliphatic carbocycles. The van der Waals surface area contributed by atoms with Gasteiger partial charge < -0.3 is 10.1 Å². The Morgan fingerprint density at radius 2 is 2.16 bits per heavy atom. The molecule has 2 rings (SSSR count). The Morgan fingerprint density at radius 3 is 2.84 bits per heavy atom. The molecule has 0 aromatic carbocycles. The van der Waals surface area contributed by atoms with Gasteiger partial charge in [-0.1, -0.05) is 6.92 Å². The van der Waals surface area contributed by atoms with Crippen LogP contribution in [0.15, 0.2) is 12.3 Å². The van der Waals surface area contributed by atoms with Crippen molar-refractivity contribution in [2.45, 2.75) is 33.4 Å². The molecular formula is C13H21N5O. The molecule has 0 spiro atoms. The summed E-state index contributed by atoms with van der Waals surface area (Å²) >= 11 is 0. The fraction of sp³-hybridized carbons (Fsp3) is 0.538. The average molecular weight is 263 g/mol. The van der Waals surface area contributed by atoms with Crippen LogP contribution in [-0.2, 0) is 20.1 Å². The van der Waals surface area contributed by atoms with Crippen LogP contribution in [0, 0.1) is 6.92 Å². The summed E-state index contributed by atoms with van der Waals surface area (Å²) in [5.41, 5.74) is 3.11. The quantitative estimate of drug-likeness (QED) is 0.865. The fourth-order valence-electron chi connectivity index (χ4n) is 2.07. The second-order valence-electron chi connectivity index (χ2n) is 4.58. The van der Waals surface area contributed by atoms with Gasteiger partial charge in [-0.15, -0.1) is 5.10 Å². The normalized spacial score (nSPS) is 10.7. The highest BCUT2D eigenvalue weighted by molar-refractivity contribution is 5.51. The van der Waals surface area contributed by atoms with E-state index in [1.165, 1.54) is 5.69 Å². The van der Waals surface area contributed by atoms with E-state index in [1.54, 1.807) is 11.8 Å². The van der Waals surface area contributed by atoms with E-state index in [2.05, 4.69) is 28.5 Å². The van der Waals surface area contributed by atoms with E-state index in [4.69, 9.17) is 4.74 Å². The molecule has 6 nitrogen and oxygen atoms in total. The minimum atomic E-state index is 0.612. The molecule has 0 fully saturated rings. The number of methoxy groups -OCH3 is 1. The first-order valence-electron chi connectivity index (χ1n) is 6.49. The Bertz CT molecular complexity index is 543. The molecule has 2 heterocycles. The summed E-state index contributed by atoms with van der Waals surface area (Å²) < 4.78 is 9.00. The first kappa shape index (κ1) is 13.5. The molecule has 2 aromatic heterocycles. The van der Waals surface area contributed by atoms with Gasteiger partial charge in [0.1, 0.15) is 5.69 Å². The SMILES string of the molecule is CCCn1nc(C)cc1CNc1cn(C)nc1OC. The lowest BCUT2D eigenvalue weighted by Crippen LogP contribution is -2.09. The van der Waals surface area contributed by atoms with Crippen LogP contribution < -0.4 is 10.1 Å². The van der Waals surface area contributed by atoms with Crippen molar-refractivity contribution in [3.63, 3.8) is 0 Å². The fourth-order valence-corrected chi connectivity index (χ4v) is 2.07. The molecule has 19 heavy (non-hydrogen) atoms. The molecule has 2 aromatic rings. The molecule has 0 saturated heterocycles. The highest BCUT2D eigenvalue weighted by Gasteiger charge is 2.09. The number of rotatable bonds is 6. The first-order valence-corrected chi connectivity index (χ1v) is 6.49. The topological polar surface area (TPSA) is 56.9 Å². The molecule has 0 aliphatic rings. The van der Waals surface area contributed by atoms with E-state index in [0.717, 1.165) is 24.3 Å². The lowest BCUT2D eigenvalue weighted by molar-refractivity contribution is 0.393. The second-order valence-corrected chi connectivity index (χ2v) is 4.58. The molecule has 6 heteroatoms. The van der Waals surface area contributed by atoms with Gasteiger partial charge in [0.05, 0.1) is 31.2 Å². The number of nitrogens with one attached hydrogen (secondary N) is 1. The molecule has 0 bridgehead atoms. The number of ether oxygens (including phenoxy) is 1. The summed E-state index contributed by atoms with van der Waals surface area (Å²) in [6.45, 7) is 5.82. The van der Waals surface area contributed by atoms with Gasteiger partial charge in [-0.2, -0.15) is 5.10 Å². The van der Waals surface area contributed by atoms with E-state index < -0.39 is 0 Å². The summed E-state index contributed by atoms with van der Waals surface area (Å²) in [6.07, 6.45) is 2.98. The lowest BCUT2D eigenvalue weighted by Gasteiger charge is -2.08. The number of aryl methyl sites for hydroxylation is 3. The molecule has 0 aliphatic heterocycles. The van der Waals surface area contributed by atoms with Crippen LogP contribution in [-0.4, -0.2) is 26.7 Å². The molecule has 0 amide bonds. The van der Waals surface area contributed by atoms with Gasteiger partial charge in [-0.3, -0.25) is 9.36 Å². The third-order valence-corrected chi connectivity index (χ3v) is 2.87. The maximum Gasteiger partial charge on any atom is 0.256 e. The van der Waals surface area contributed by atoms with Crippen molar-refractivity contribution in [1.82, 2.24) is 19.6 Å². The van der Waals surface area contributed by atoms with Gasteiger partial charge in [-0.25, -0.2) is 0 Å². The van der Waals surface area contributed by atoms with Crippen LogP contribution in [0.4, 0.5) is 5.69 Å². The highest BCUT2D eigenvalue weighted by Crippen LogP contribution is 2.21. The van der Waals surface area contributed by atoms with E-state index in [-0.39, 0.29) is 0 Å².